The zero-order valence-corrected chi connectivity index (χ0v) is 13.5. The van der Waals surface area contributed by atoms with Gasteiger partial charge in [0.15, 0.2) is 0 Å². The van der Waals surface area contributed by atoms with Gasteiger partial charge in [-0.2, -0.15) is 0 Å². The van der Waals surface area contributed by atoms with E-state index in [1.807, 2.05) is 13.0 Å². The Morgan fingerprint density at radius 3 is 2.86 bits per heavy atom. The molecule has 21 heavy (non-hydrogen) atoms. The molecule has 0 radical (unpaired) electrons. The molecule has 2 rings (SSSR count). The molecule has 1 atom stereocenters. The first-order valence-corrected chi connectivity index (χ1v) is 7.47. The third kappa shape index (κ3) is 3.98. The molecule has 0 bridgehead atoms. The average molecular weight is 354 g/mol. The van der Waals surface area contributed by atoms with E-state index in [2.05, 4.69) is 31.2 Å². The van der Waals surface area contributed by atoms with Crippen molar-refractivity contribution >= 4 is 15.9 Å². The van der Waals surface area contributed by atoms with Gasteiger partial charge >= 0.3 is 0 Å². The zero-order chi connectivity index (χ0) is 15.2. The Morgan fingerprint density at radius 2 is 2.19 bits per heavy atom. The van der Waals surface area contributed by atoms with Gasteiger partial charge in [-0.05, 0) is 18.7 Å². The summed E-state index contributed by atoms with van der Waals surface area (Å²) in [6.45, 7) is 2.72. The Labute approximate surface area is 131 Å². The molecule has 6 heteroatoms. The lowest BCUT2D eigenvalue weighted by Gasteiger charge is -2.20. The molecule has 0 amide bonds. The molecule has 1 heterocycles. The molecule has 1 aromatic heterocycles. The van der Waals surface area contributed by atoms with Gasteiger partial charge in [0, 0.05) is 34.3 Å². The fourth-order valence-electron chi connectivity index (χ4n) is 2.18. The van der Waals surface area contributed by atoms with E-state index in [0.29, 0.717) is 17.9 Å². The van der Waals surface area contributed by atoms with Crippen molar-refractivity contribution in [2.24, 2.45) is 0 Å². The van der Waals surface area contributed by atoms with Crippen molar-refractivity contribution in [3.63, 3.8) is 0 Å². The molecule has 4 nitrogen and oxygen atoms in total. The number of halogens is 2. The number of hydrogen-bond donors (Lipinski definition) is 1. The van der Waals surface area contributed by atoms with Crippen molar-refractivity contribution in [3.05, 3.63) is 52.1 Å². The van der Waals surface area contributed by atoms with Crippen molar-refractivity contribution in [2.45, 2.75) is 19.4 Å². The summed E-state index contributed by atoms with van der Waals surface area (Å²) in [4.78, 5) is 8.21. The van der Waals surface area contributed by atoms with Crippen LogP contribution in [0.1, 0.15) is 24.2 Å². The monoisotopic (exact) mass is 353 g/mol. The Kier molecular flexibility index (Phi) is 5.64. The highest BCUT2D eigenvalue weighted by molar-refractivity contribution is 9.10. The molecule has 0 aliphatic rings. The van der Waals surface area contributed by atoms with Gasteiger partial charge in [-0.25, -0.2) is 14.4 Å². The molecule has 0 saturated carbocycles. The second kappa shape index (κ2) is 7.47. The average Bonchev–Trinajstić information content (AvgIpc) is 2.47. The number of nitrogens with zero attached hydrogens (tertiary/aromatic N) is 2. The summed E-state index contributed by atoms with van der Waals surface area (Å²) >= 11 is 3.42. The van der Waals surface area contributed by atoms with Crippen molar-refractivity contribution in [1.29, 1.82) is 0 Å². The summed E-state index contributed by atoms with van der Waals surface area (Å²) in [5, 5.41) is 3.30. The van der Waals surface area contributed by atoms with Crippen LogP contribution in [0.4, 0.5) is 4.39 Å². The molecule has 112 valence electrons. The molecule has 1 unspecified atom stereocenters. The quantitative estimate of drug-likeness (QED) is 0.865. The van der Waals surface area contributed by atoms with Crippen LogP contribution in [0.3, 0.4) is 0 Å². The molecule has 0 aliphatic carbocycles. The first-order chi connectivity index (χ1) is 10.2. The van der Waals surface area contributed by atoms with Gasteiger partial charge in [0.05, 0.1) is 7.11 Å². The van der Waals surface area contributed by atoms with E-state index in [-0.39, 0.29) is 11.9 Å². The summed E-state index contributed by atoms with van der Waals surface area (Å²) in [6, 6.07) is 6.57. The first kappa shape index (κ1) is 15.9. The predicted octanol–water partition coefficient (Wildman–Crippen LogP) is 3.28. The van der Waals surface area contributed by atoms with Crippen LogP contribution in [0, 0.1) is 5.82 Å². The van der Waals surface area contributed by atoms with Crippen LogP contribution in [0.5, 0.6) is 5.88 Å². The van der Waals surface area contributed by atoms with Crippen LogP contribution < -0.4 is 10.1 Å². The van der Waals surface area contributed by atoms with Crippen molar-refractivity contribution in [2.75, 3.05) is 13.7 Å². The van der Waals surface area contributed by atoms with Crippen LogP contribution in [0.25, 0.3) is 0 Å². The van der Waals surface area contributed by atoms with Crippen molar-refractivity contribution in [1.82, 2.24) is 15.3 Å². The maximum absolute atomic E-state index is 14.1. The molecule has 1 aromatic carbocycles. The fourth-order valence-corrected chi connectivity index (χ4v) is 2.79. The van der Waals surface area contributed by atoms with Crippen LogP contribution in [-0.2, 0) is 6.42 Å². The molecular weight excluding hydrogens is 337 g/mol. The summed E-state index contributed by atoms with van der Waals surface area (Å²) in [7, 11) is 1.56. The number of likely N-dealkylation sites (N-methyl/N-ethyl adjacent to an activating group) is 1. The largest absolute Gasteiger partial charge is 0.481 e. The Hall–Kier alpha value is -1.53. The third-order valence-corrected chi connectivity index (χ3v) is 3.81. The maximum Gasteiger partial charge on any atom is 0.216 e. The Morgan fingerprint density at radius 1 is 1.38 bits per heavy atom. The number of nitrogens with one attached hydrogen (secondary N) is 1. The maximum atomic E-state index is 14.1. The molecule has 0 spiro atoms. The predicted molar refractivity (Wildman–Crippen MR) is 82.8 cm³/mol. The van der Waals surface area contributed by atoms with Gasteiger partial charge in [-0.15, -0.1) is 0 Å². The molecule has 0 saturated heterocycles. The van der Waals surface area contributed by atoms with Gasteiger partial charge in [0.25, 0.3) is 0 Å². The molecule has 2 aromatic rings. The molecule has 1 N–H and O–H groups in total. The lowest BCUT2D eigenvalue weighted by molar-refractivity contribution is 0.395. The minimum atomic E-state index is -0.239. The van der Waals surface area contributed by atoms with Crippen LogP contribution in [0.15, 0.2) is 35.1 Å². The van der Waals surface area contributed by atoms with E-state index >= 15 is 0 Å². The first-order valence-electron chi connectivity index (χ1n) is 6.68. The van der Waals surface area contributed by atoms with Gasteiger partial charge < -0.3 is 10.1 Å². The van der Waals surface area contributed by atoms with Crippen molar-refractivity contribution in [3.8, 4) is 5.88 Å². The highest BCUT2D eigenvalue weighted by Crippen LogP contribution is 2.28. The highest BCUT2D eigenvalue weighted by Gasteiger charge is 2.19. The summed E-state index contributed by atoms with van der Waals surface area (Å²) in [6.07, 6.45) is 2.00. The minimum Gasteiger partial charge on any atom is -0.481 e. The topological polar surface area (TPSA) is 47.0 Å². The van der Waals surface area contributed by atoms with E-state index in [9.17, 15) is 4.39 Å². The number of ether oxygens (including phenoxy) is 1. The summed E-state index contributed by atoms with van der Waals surface area (Å²) < 4.78 is 20.0. The molecular formula is C15H17BrFN3O. The van der Waals surface area contributed by atoms with Gasteiger partial charge in [-0.3, -0.25) is 0 Å². The van der Waals surface area contributed by atoms with Crippen LogP contribution >= 0.6 is 15.9 Å². The summed E-state index contributed by atoms with van der Waals surface area (Å²) in [5.74, 6) is 0.263. The molecule has 0 aliphatic heterocycles. The van der Waals surface area contributed by atoms with E-state index in [4.69, 9.17) is 4.74 Å². The van der Waals surface area contributed by atoms with Gasteiger partial charge in [0.2, 0.25) is 5.88 Å². The van der Waals surface area contributed by atoms with E-state index in [1.54, 1.807) is 19.2 Å². The normalized spacial score (nSPS) is 12.2. The minimum absolute atomic E-state index is 0.176. The Balaban J connectivity index is 2.30. The number of aromatic nitrogens is 2. The van der Waals surface area contributed by atoms with Crippen LogP contribution in [-0.4, -0.2) is 23.6 Å². The standard InChI is InChI=1S/C15H17BrFN3O/c1-3-18-13(15-11(16)5-4-6-12(15)17)7-10-8-14(21-2)20-9-19-10/h4-6,8-9,13,18H,3,7H2,1-2H3. The van der Waals surface area contributed by atoms with E-state index in [1.165, 1.54) is 12.4 Å². The van der Waals surface area contributed by atoms with Crippen molar-refractivity contribution < 1.29 is 9.13 Å². The van der Waals surface area contributed by atoms with Gasteiger partial charge in [-0.1, -0.05) is 28.9 Å². The second-order valence-electron chi connectivity index (χ2n) is 4.50. The number of hydrogen-bond acceptors (Lipinski definition) is 4. The number of rotatable bonds is 6. The number of benzene rings is 1. The van der Waals surface area contributed by atoms with E-state index in [0.717, 1.165) is 16.7 Å². The lowest BCUT2D eigenvalue weighted by Crippen LogP contribution is -2.24. The smallest absolute Gasteiger partial charge is 0.216 e. The SMILES string of the molecule is CCNC(Cc1cc(OC)ncn1)c1c(F)cccc1Br. The number of methoxy groups -OCH3 is 1. The fraction of sp³-hybridized carbons (Fsp3) is 0.333. The highest BCUT2D eigenvalue weighted by atomic mass is 79.9. The van der Waals surface area contributed by atoms with Crippen LogP contribution in [0.2, 0.25) is 0 Å². The lowest BCUT2D eigenvalue weighted by atomic mass is 10.0. The van der Waals surface area contributed by atoms with E-state index < -0.39 is 0 Å². The van der Waals surface area contributed by atoms with Gasteiger partial charge in [0.1, 0.15) is 12.1 Å². The zero-order valence-electron chi connectivity index (χ0n) is 11.9. The molecule has 0 fully saturated rings. The summed E-state index contributed by atoms with van der Waals surface area (Å²) in [5.41, 5.74) is 1.40. The third-order valence-electron chi connectivity index (χ3n) is 3.12. The Bertz CT molecular complexity index is 589. The second-order valence-corrected chi connectivity index (χ2v) is 5.36.